The molecule has 1 aliphatic rings. The topological polar surface area (TPSA) is 54.5 Å². The third kappa shape index (κ3) is 4.53. The molecule has 0 aliphatic carbocycles. The predicted molar refractivity (Wildman–Crippen MR) is 90.7 cm³/mol. The molecule has 1 fully saturated rings. The van der Waals surface area contributed by atoms with E-state index in [0.29, 0.717) is 12.8 Å². The lowest BCUT2D eigenvalue weighted by atomic mass is 10.1. The predicted octanol–water partition coefficient (Wildman–Crippen LogP) is 2.49. The van der Waals surface area contributed by atoms with Crippen LogP contribution in [0.5, 0.6) is 0 Å². The maximum Gasteiger partial charge on any atom is 0.224 e. The summed E-state index contributed by atoms with van der Waals surface area (Å²) in [6, 6.07) is 13.6. The molecule has 1 aliphatic heterocycles. The van der Waals surface area contributed by atoms with Crippen molar-refractivity contribution in [3.8, 4) is 0 Å². The van der Waals surface area contributed by atoms with E-state index >= 15 is 0 Å². The number of hydrogen-bond donors (Lipinski definition) is 1. The fourth-order valence-electron chi connectivity index (χ4n) is 2.58. The van der Waals surface area contributed by atoms with Gasteiger partial charge in [-0.15, -0.1) is 0 Å². The molecule has 0 bridgehead atoms. The summed E-state index contributed by atoms with van der Waals surface area (Å²) in [7, 11) is 0. The molecule has 1 N–H and O–H groups in total. The first kappa shape index (κ1) is 15.5. The highest BCUT2D eigenvalue weighted by Crippen LogP contribution is 2.15. The average Bonchev–Trinajstić information content (AvgIpc) is 2.62. The second-order valence-corrected chi connectivity index (χ2v) is 5.54. The molecule has 0 radical (unpaired) electrons. The van der Waals surface area contributed by atoms with E-state index in [1.165, 1.54) is 0 Å². The zero-order valence-corrected chi connectivity index (χ0v) is 13.1. The molecule has 23 heavy (non-hydrogen) atoms. The van der Waals surface area contributed by atoms with E-state index in [0.717, 1.165) is 43.4 Å². The highest BCUT2D eigenvalue weighted by Gasteiger charge is 2.12. The third-order valence-corrected chi connectivity index (χ3v) is 3.84. The Morgan fingerprint density at radius 2 is 1.96 bits per heavy atom. The van der Waals surface area contributed by atoms with E-state index in [1.807, 2.05) is 42.6 Å². The van der Waals surface area contributed by atoms with Crippen LogP contribution in [0.25, 0.3) is 0 Å². The monoisotopic (exact) mass is 311 g/mol. The van der Waals surface area contributed by atoms with Gasteiger partial charge >= 0.3 is 0 Å². The number of nitrogens with one attached hydrogen (secondary N) is 1. The molecule has 2 aromatic rings. The number of nitrogens with zero attached hydrogens (tertiary/aromatic N) is 2. The van der Waals surface area contributed by atoms with E-state index in [1.54, 1.807) is 0 Å². The number of pyridine rings is 1. The Labute approximate surface area is 136 Å². The van der Waals surface area contributed by atoms with Crippen molar-refractivity contribution >= 4 is 17.4 Å². The Morgan fingerprint density at radius 1 is 1.17 bits per heavy atom. The second kappa shape index (κ2) is 7.74. The van der Waals surface area contributed by atoms with Gasteiger partial charge in [0.2, 0.25) is 5.91 Å². The average molecular weight is 311 g/mol. The molecule has 0 atom stereocenters. The van der Waals surface area contributed by atoms with Crippen LogP contribution < -0.4 is 10.2 Å². The Balaban J connectivity index is 1.54. The summed E-state index contributed by atoms with van der Waals surface area (Å²) in [5.74, 6) is 0.996. The number of ether oxygens (including phenoxy) is 1. The third-order valence-electron chi connectivity index (χ3n) is 3.84. The van der Waals surface area contributed by atoms with Crippen molar-refractivity contribution in [3.63, 3.8) is 0 Å². The van der Waals surface area contributed by atoms with Crippen LogP contribution in [-0.2, 0) is 16.0 Å². The number of aromatic nitrogens is 1. The highest BCUT2D eigenvalue weighted by molar-refractivity contribution is 5.90. The first-order valence-corrected chi connectivity index (χ1v) is 7.94. The van der Waals surface area contributed by atoms with Crippen molar-refractivity contribution in [1.82, 2.24) is 4.98 Å². The fraction of sp³-hybridized carbons (Fsp3) is 0.333. The maximum atomic E-state index is 12.0. The van der Waals surface area contributed by atoms with E-state index < -0.39 is 0 Å². The van der Waals surface area contributed by atoms with Crippen LogP contribution in [0.4, 0.5) is 11.5 Å². The van der Waals surface area contributed by atoms with Gasteiger partial charge in [0, 0.05) is 31.4 Å². The quantitative estimate of drug-likeness (QED) is 0.922. The van der Waals surface area contributed by atoms with E-state index in [-0.39, 0.29) is 5.91 Å². The summed E-state index contributed by atoms with van der Waals surface area (Å²) in [6.07, 6.45) is 2.98. The van der Waals surface area contributed by atoms with Crippen molar-refractivity contribution < 1.29 is 9.53 Å². The molecule has 1 aromatic carbocycles. The van der Waals surface area contributed by atoms with Gasteiger partial charge in [-0.05, 0) is 36.2 Å². The van der Waals surface area contributed by atoms with Crippen molar-refractivity contribution in [1.29, 1.82) is 0 Å². The van der Waals surface area contributed by atoms with Gasteiger partial charge in [0.15, 0.2) is 0 Å². The number of aryl methyl sites for hydroxylation is 1. The van der Waals surface area contributed by atoms with E-state index in [2.05, 4.69) is 21.3 Å². The molecular formula is C18H21N3O2. The molecule has 5 nitrogen and oxygen atoms in total. The molecule has 1 amide bonds. The number of anilines is 2. The first-order chi connectivity index (χ1) is 11.3. The fourth-order valence-corrected chi connectivity index (χ4v) is 2.58. The van der Waals surface area contributed by atoms with Crippen LogP contribution in [0.3, 0.4) is 0 Å². The van der Waals surface area contributed by atoms with E-state index in [4.69, 9.17) is 4.74 Å². The van der Waals surface area contributed by atoms with Gasteiger partial charge in [-0.25, -0.2) is 4.98 Å². The Kier molecular flexibility index (Phi) is 5.21. The normalized spacial score (nSPS) is 14.5. The smallest absolute Gasteiger partial charge is 0.224 e. The molecule has 1 aromatic heterocycles. The SMILES string of the molecule is O=C(CCc1ccnc(N2CCOCC2)c1)Nc1ccccc1. The number of rotatable bonds is 5. The number of morpholine rings is 1. The molecule has 0 unspecified atom stereocenters. The maximum absolute atomic E-state index is 12.0. The zero-order chi connectivity index (χ0) is 15.9. The molecule has 5 heteroatoms. The van der Waals surface area contributed by atoms with E-state index in [9.17, 15) is 4.79 Å². The van der Waals surface area contributed by atoms with Gasteiger partial charge in [-0.1, -0.05) is 18.2 Å². The summed E-state index contributed by atoms with van der Waals surface area (Å²) < 4.78 is 5.36. The minimum Gasteiger partial charge on any atom is -0.378 e. The highest BCUT2D eigenvalue weighted by atomic mass is 16.5. The van der Waals surface area contributed by atoms with Crippen LogP contribution in [0, 0.1) is 0 Å². The molecule has 3 rings (SSSR count). The largest absolute Gasteiger partial charge is 0.378 e. The van der Waals surface area contributed by atoms with Gasteiger partial charge in [-0.2, -0.15) is 0 Å². The van der Waals surface area contributed by atoms with Crippen LogP contribution >= 0.6 is 0 Å². The van der Waals surface area contributed by atoms with Crippen molar-refractivity contribution in [3.05, 3.63) is 54.2 Å². The number of amides is 1. The first-order valence-electron chi connectivity index (χ1n) is 7.94. The Morgan fingerprint density at radius 3 is 2.74 bits per heavy atom. The number of hydrogen-bond acceptors (Lipinski definition) is 4. The number of para-hydroxylation sites is 1. The van der Waals surface area contributed by atoms with Crippen molar-refractivity contribution in [2.75, 3.05) is 36.5 Å². The van der Waals surface area contributed by atoms with Gasteiger partial charge in [-0.3, -0.25) is 4.79 Å². The number of benzene rings is 1. The van der Waals surface area contributed by atoms with Crippen molar-refractivity contribution in [2.24, 2.45) is 0 Å². The zero-order valence-electron chi connectivity index (χ0n) is 13.1. The Bertz CT molecular complexity index is 640. The minimum absolute atomic E-state index is 0.0286. The Hall–Kier alpha value is -2.40. The lowest BCUT2D eigenvalue weighted by molar-refractivity contribution is -0.116. The standard InChI is InChI=1S/C18H21N3O2/c22-18(20-16-4-2-1-3-5-16)7-6-15-8-9-19-17(14-15)21-10-12-23-13-11-21/h1-5,8-9,14H,6-7,10-13H2,(H,20,22). The molecule has 1 saturated heterocycles. The summed E-state index contributed by atoms with van der Waals surface area (Å²) in [4.78, 5) is 18.7. The summed E-state index contributed by atoms with van der Waals surface area (Å²) in [5.41, 5.74) is 1.96. The molecule has 0 saturated carbocycles. The van der Waals surface area contributed by atoms with Gasteiger partial charge in [0.05, 0.1) is 13.2 Å². The molecule has 120 valence electrons. The summed E-state index contributed by atoms with van der Waals surface area (Å²) >= 11 is 0. The van der Waals surface area contributed by atoms with Crippen LogP contribution in [0.2, 0.25) is 0 Å². The second-order valence-electron chi connectivity index (χ2n) is 5.54. The lowest BCUT2D eigenvalue weighted by Crippen LogP contribution is -2.36. The molecule has 2 heterocycles. The summed E-state index contributed by atoms with van der Waals surface area (Å²) in [6.45, 7) is 3.21. The number of carbonyl (C=O) groups excluding carboxylic acids is 1. The molecule has 0 spiro atoms. The van der Waals surface area contributed by atoms with Crippen LogP contribution in [0.15, 0.2) is 48.7 Å². The van der Waals surface area contributed by atoms with Gasteiger partial charge < -0.3 is 15.0 Å². The lowest BCUT2D eigenvalue weighted by Gasteiger charge is -2.28. The molecular weight excluding hydrogens is 290 g/mol. The van der Waals surface area contributed by atoms with Gasteiger partial charge in [0.25, 0.3) is 0 Å². The van der Waals surface area contributed by atoms with Crippen molar-refractivity contribution in [2.45, 2.75) is 12.8 Å². The summed E-state index contributed by atoms with van der Waals surface area (Å²) in [5, 5.41) is 2.91. The minimum atomic E-state index is 0.0286. The number of carbonyl (C=O) groups is 1. The van der Waals surface area contributed by atoms with Crippen LogP contribution in [0.1, 0.15) is 12.0 Å². The van der Waals surface area contributed by atoms with Gasteiger partial charge in [0.1, 0.15) is 5.82 Å². The van der Waals surface area contributed by atoms with Crippen LogP contribution in [-0.4, -0.2) is 37.2 Å².